The maximum atomic E-state index is 13.6. The van der Waals surface area contributed by atoms with Gasteiger partial charge in [-0.1, -0.05) is 29.4 Å². The molecule has 1 unspecified atom stereocenters. The number of methoxy groups -OCH3 is 1. The Hall–Kier alpha value is -3.61. The number of anilines is 1. The van der Waals surface area contributed by atoms with Gasteiger partial charge in [-0.05, 0) is 58.4 Å². The molecule has 1 aromatic heterocycles. The van der Waals surface area contributed by atoms with Gasteiger partial charge in [-0.25, -0.2) is 0 Å². The van der Waals surface area contributed by atoms with Gasteiger partial charge in [-0.2, -0.15) is 0 Å². The van der Waals surface area contributed by atoms with E-state index in [0.29, 0.717) is 28.3 Å². The summed E-state index contributed by atoms with van der Waals surface area (Å²) in [4.78, 5) is 28.7. The normalized spacial score (nSPS) is 16.4. The van der Waals surface area contributed by atoms with Gasteiger partial charge in [0.15, 0.2) is 0 Å². The van der Waals surface area contributed by atoms with Gasteiger partial charge < -0.3 is 19.5 Å². The van der Waals surface area contributed by atoms with Gasteiger partial charge in [0.25, 0.3) is 11.8 Å². The Morgan fingerprint density at radius 1 is 1.06 bits per heavy atom. The van der Waals surface area contributed by atoms with Crippen molar-refractivity contribution in [3.05, 3.63) is 65.0 Å². The van der Waals surface area contributed by atoms with Crippen LogP contribution in [-0.2, 0) is 4.79 Å². The number of hydrogen-bond acceptors (Lipinski definition) is 5. The van der Waals surface area contributed by atoms with E-state index in [2.05, 4.69) is 10.5 Å². The van der Waals surface area contributed by atoms with Crippen molar-refractivity contribution >= 4 is 17.5 Å². The third-order valence-electron chi connectivity index (χ3n) is 5.71. The number of carbonyl (C=O) groups is 2. The van der Waals surface area contributed by atoms with Gasteiger partial charge in [0, 0.05) is 11.1 Å². The smallest absolute Gasteiger partial charge is 0.257 e. The molecule has 2 heterocycles. The van der Waals surface area contributed by atoms with E-state index in [4.69, 9.17) is 9.26 Å². The Labute approximate surface area is 187 Å². The summed E-state index contributed by atoms with van der Waals surface area (Å²) in [6, 6.07) is 11.8. The number of carbonyl (C=O) groups excluding carboxylic acids is 2. The van der Waals surface area contributed by atoms with Crippen LogP contribution in [0.5, 0.6) is 5.75 Å². The number of fused-ring (bicyclic) bond motifs is 1. The molecule has 0 saturated carbocycles. The van der Waals surface area contributed by atoms with E-state index in [1.54, 1.807) is 36.3 Å². The van der Waals surface area contributed by atoms with Crippen LogP contribution < -0.4 is 10.1 Å². The van der Waals surface area contributed by atoms with Crippen molar-refractivity contribution in [1.82, 2.24) is 10.1 Å². The first-order valence-corrected chi connectivity index (χ1v) is 10.5. The Bertz CT molecular complexity index is 1190. The minimum Gasteiger partial charge on any atom is -0.496 e. The summed E-state index contributed by atoms with van der Waals surface area (Å²) in [5.74, 6) is 0.783. The molecule has 1 atom stereocenters. The van der Waals surface area contributed by atoms with Crippen molar-refractivity contribution < 1.29 is 18.8 Å². The monoisotopic (exact) mass is 433 g/mol. The molecule has 0 radical (unpaired) electrons. The van der Waals surface area contributed by atoms with E-state index in [1.165, 1.54) is 0 Å². The second-order valence-electron chi connectivity index (χ2n) is 8.94. The van der Waals surface area contributed by atoms with Crippen molar-refractivity contribution in [3.63, 3.8) is 0 Å². The Morgan fingerprint density at radius 3 is 2.41 bits per heavy atom. The topological polar surface area (TPSA) is 84.7 Å². The maximum absolute atomic E-state index is 13.6. The van der Waals surface area contributed by atoms with Gasteiger partial charge in [-0.15, -0.1) is 0 Å². The molecule has 3 aromatic rings. The molecule has 1 aliphatic heterocycles. The van der Waals surface area contributed by atoms with Gasteiger partial charge in [-0.3, -0.25) is 9.59 Å². The number of benzene rings is 2. The zero-order chi connectivity index (χ0) is 23.2. The highest BCUT2D eigenvalue weighted by atomic mass is 16.5. The predicted molar refractivity (Wildman–Crippen MR) is 122 cm³/mol. The number of aromatic nitrogens is 1. The first-order chi connectivity index (χ1) is 15.1. The second-order valence-corrected chi connectivity index (χ2v) is 8.94. The first-order valence-electron chi connectivity index (χ1n) is 10.5. The molecule has 7 heteroatoms. The SMILES string of the molecule is COc1cc(C2C(=O)Nc3ccccc3C(=O)N2C(C)(C)C)ccc1-c1c(C)noc1C. The van der Waals surface area contributed by atoms with E-state index in [9.17, 15) is 9.59 Å². The number of nitrogens with zero attached hydrogens (tertiary/aromatic N) is 2. The van der Waals surface area contributed by atoms with Crippen molar-refractivity contribution in [2.45, 2.75) is 46.2 Å². The van der Waals surface area contributed by atoms with Gasteiger partial charge in [0.1, 0.15) is 17.6 Å². The molecule has 0 aliphatic carbocycles. The van der Waals surface area contributed by atoms with Crippen molar-refractivity contribution in [2.24, 2.45) is 0 Å². The lowest BCUT2D eigenvalue weighted by Crippen LogP contribution is -2.49. The fourth-order valence-corrected chi connectivity index (χ4v) is 4.29. The van der Waals surface area contributed by atoms with Crippen LogP contribution in [0.4, 0.5) is 5.69 Å². The molecule has 0 spiro atoms. The highest BCUT2D eigenvalue weighted by Gasteiger charge is 2.42. The van der Waals surface area contributed by atoms with E-state index >= 15 is 0 Å². The molecule has 2 amide bonds. The van der Waals surface area contributed by atoms with Crippen molar-refractivity contribution in [2.75, 3.05) is 12.4 Å². The Morgan fingerprint density at radius 2 is 1.78 bits per heavy atom. The van der Waals surface area contributed by atoms with Crippen LogP contribution in [0.3, 0.4) is 0 Å². The summed E-state index contributed by atoms with van der Waals surface area (Å²) in [7, 11) is 1.58. The molecular weight excluding hydrogens is 406 g/mol. The zero-order valence-electron chi connectivity index (χ0n) is 19.1. The molecule has 0 fully saturated rings. The fraction of sp³-hybridized carbons (Fsp3) is 0.320. The van der Waals surface area contributed by atoms with Crippen molar-refractivity contribution in [1.29, 1.82) is 0 Å². The lowest BCUT2D eigenvalue weighted by molar-refractivity contribution is -0.122. The summed E-state index contributed by atoms with van der Waals surface area (Å²) in [6.07, 6.45) is 0. The zero-order valence-corrected chi connectivity index (χ0v) is 19.1. The van der Waals surface area contributed by atoms with E-state index in [-0.39, 0.29) is 11.8 Å². The summed E-state index contributed by atoms with van der Waals surface area (Å²) in [6.45, 7) is 9.49. The molecule has 7 nitrogen and oxygen atoms in total. The molecule has 4 rings (SSSR count). The van der Waals surface area contributed by atoms with Crippen LogP contribution in [0.2, 0.25) is 0 Å². The van der Waals surface area contributed by atoms with E-state index in [0.717, 1.165) is 16.8 Å². The van der Waals surface area contributed by atoms with Crippen LogP contribution in [0.1, 0.15) is 54.2 Å². The molecule has 32 heavy (non-hydrogen) atoms. The third kappa shape index (κ3) is 3.53. The minimum absolute atomic E-state index is 0.204. The second kappa shape index (κ2) is 7.82. The molecule has 2 aromatic carbocycles. The van der Waals surface area contributed by atoms with Gasteiger partial charge >= 0.3 is 0 Å². The Balaban J connectivity index is 1.87. The average molecular weight is 434 g/mol. The summed E-state index contributed by atoms with van der Waals surface area (Å²) >= 11 is 0. The quantitative estimate of drug-likeness (QED) is 0.635. The predicted octanol–water partition coefficient (Wildman–Crippen LogP) is 4.90. The van der Waals surface area contributed by atoms with Crippen LogP contribution in [-0.4, -0.2) is 34.5 Å². The van der Waals surface area contributed by atoms with Crippen LogP contribution in [0, 0.1) is 13.8 Å². The number of hydrogen-bond donors (Lipinski definition) is 1. The number of ether oxygens (including phenoxy) is 1. The minimum atomic E-state index is -0.831. The summed E-state index contributed by atoms with van der Waals surface area (Å²) < 4.78 is 11.0. The molecule has 0 saturated heterocycles. The number of nitrogens with one attached hydrogen (secondary N) is 1. The number of para-hydroxylation sites is 1. The summed E-state index contributed by atoms with van der Waals surface area (Å²) in [5, 5.41) is 6.97. The third-order valence-corrected chi connectivity index (χ3v) is 5.71. The highest BCUT2D eigenvalue weighted by Crippen LogP contribution is 2.40. The average Bonchev–Trinajstić information content (AvgIpc) is 3.02. The highest BCUT2D eigenvalue weighted by molar-refractivity contribution is 6.10. The molecule has 166 valence electrons. The van der Waals surface area contributed by atoms with Crippen molar-refractivity contribution in [3.8, 4) is 16.9 Å². The molecule has 0 bridgehead atoms. The van der Waals surface area contributed by atoms with E-state index in [1.807, 2.05) is 52.8 Å². The summed E-state index contributed by atoms with van der Waals surface area (Å²) in [5.41, 5.74) is 3.46. The van der Waals surface area contributed by atoms with Crippen LogP contribution >= 0.6 is 0 Å². The molecule has 1 aliphatic rings. The molecular formula is C25H27N3O4. The standard InChI is InChI=1S/C25H27N3O4/c1-14-21(15(2)32-27-14)18-12-11-16(13-20(18)31-6)22-23(29)26-19-10-8-7-9-17(19)24(30)28(22)25(3,4)5/h7-13,22H,1-6H3,(H,26,29). The number of rotatable bonds is 3. The van der Waals surface area contributed by atoms with Crippen LogP contribution in [0.25, 0.3) is 11.1 Å². The van der Waals surface area contributed by atoms with Gasteiger partial charge in [0.2, 0.25) is 0 Å². The number of aryl methyl sites for hydroxylation is 2. The van der Waals surface area contributed by atoms with E-state index < -0.39 is 11.6 Å². The largest absolute Gasteiger partial charge is 0.496 e. The first kappa shape index (κ1) is 21.6. The fourth-order valence-electron chi connectivity index (χ4n) is 4.29. The van der Waals surface area contributed by atoms with Crippen LogP contribution in [0.15, 0.2) is 47.0 Å². The molecule has 1 N–H and O–H groups in total. The van der Waals surface area contributed by atoms with Gasteiger partial charge in [0.05, 0.1) is 29.6 Å². The maximum Gasteiger partial charge on any atom is 0.257 e. The number of amides is 2. The Kier molecular flexibility index (Phi) is 5.28. The lowest BCUT2D eigenvalue weighted by atomic mass is 9.94. The lowest BCUT2D eigenvalue weighted by Gasteiger charge is -2.40.